The average molecular weight is 361 g/mol. The van der Waals surface area contributed by atoms with E-state index in [-0.39, 0.29) is 5.88 Å². The van der Waals surface area contributed by atoms with Gasteiger partial charge in [-0.3, -0.25) is 15.1 Å². The highest BCUT2D eigenvalue weighted by atomic mass is 16.6. The van der Waals surface area contributed by atoms with Gasteiger partial charge in [0.1, 0.15) is 10.4 Å². The molecular formula is C20H15N3O4. The van der Waals surface area contributed by atoms with Gasteiger partial charge in [-0.25, -0.2) is 4.98 Å². The molecule has 0 bridgehead atoms. The van der Waals surface area contributed by atoms with Gasteiger partial charge >= 0.3 is 5.88 Å². The number of oxazole rings is 1. The maximum atomic E-state index is 10.7. The fraction of sp³-hybridized carbons (Fsp3) is 0.100. The number of fused-ring (bicyclic) bond motifs is 1. The molecule has 0 aliphatic carbocycles. The van der Waals surface area contributed by atoms with Gasteiger partial charge in [0.15, 0.2) is 11.3 Å². The van der Waals surface area contributed by atoms with Crippen molar-refractivity contribution >= 4 is 28.9 Å². The number of aromatic nitrogens is 1. The molecule has 0 radical (unpaired) electrons. The number of furan rings is 1. The summed E-state index contributed by atoms with van der Waals surface area (Å²) in [5.41, 5.74) is 5.09. The highest BCUT2D eigenvalue weighted by molar-refractivity contribution is 5.81. The minimum atomic E-state index is -0.585. The van der Waals surface area contributed by atoms with Crippen molar-refractivity contribution in [1.29, 1.82) is 0 Å². The van der Waals surface area contributed by atoms with Gasteiger partial charge in [0.2, 0.25) is 5.89 Å². The zero-order valence-corrected chi connectivity index (χ0v) is 14.7. The highest BCUT2D eigenvalue weighted by Gasteiger charge is 2.12. The fourth-order valence-electron chi connectivity index (χ4n) is 2.69. The van der Waals surface area contributed by atoms with Crippen LogP contribution in [0.3, 0.4) is 0 Å². The van der Waals surface area contributed by atoms with Gasteiger partial charge in [-0.05, 0) is 55.3 Å². The number of hydrogen-bond donors (Lipinski definition) is 0. The van der Waals surface area contributed by atoms with Crippen LogP contribution in [0.2, 0.25) is 0 Å². The molecule has 0 unspecified atom stereocenters. The monoisotopic (exact) mass is 361 g/mol. The Bertz CT molecular complexity index is 1190. The minimum Gasteiger partial charge on any atom is -0.436 e. The Morgan fingerprint density at radius 3 is 2.70 bits per heavy atom. The van der Waals surface area contributed by atoms with Crippen LogP contribution in [0.4, 0.5) is 11.6 Å². The molecule has 0 amide bonds. The van der Waals surface area contributed by atoms with E-state index in [1.807, 2.05) is 50.2 Å². The summed E-state index contributed by atoms with van der Waals surface area (Å²) in [6.07, 6.45) is 1.45. The molecule has 0 fully saturated rings. The van der Waals surface area contributed by atoms with Crippen molar-refractivity contribution in [3.05, 3.63) is 75.5 Å². The van der Waals surface area contributed by atoms with E-state index >= 15 is 0 Å². The van der Waals surface area contributed by atoms with Gasteiger partial charge in [0, 0.05) is 5.56 Å². The van der Waals surface area contributed by atoms with E-state index in [1.54, 1.807) is 0 Å². The Hall–Kier alpha value is -3.74. The molecule has 0 aliphatic rings. The van der Waals surface area contributed by atoms with Crippen molar-refractivity contribution in [3.8, 4) is 11.5 Å². The summed E-state index contributed by atoms with van der Waals surface area (Å²) in [6.45, 7) is 3.93. The first-order valence-electron chi connectivity index (χ1n) is 8.26. The standard InChI is InChI=1S/C20H15N3O4/c1-12-3-7-18-17(9-12)22-20(27-18)14-5-4-13(2)16(10-14)21-11-15-6-8-19(26-15)23(24)25/h3-11H,1-2H3. The summed E-state index contributed by atoms with van der Waals surface area (Å²) >= 11 is 0. The van der Waals surface area contributed by atoms with Gasteiger partial charge in [-0.15, -0.1) is 0 Å². The summed E-state index contributed by atoms with van der Waals surface area (Å²) in [4.78, 5) is 19.0. The lowest BCUT2D eigenvalue weighted by Gasteiger charge is -2.02. The lowest BCUT2D eigenvalue weighted by atomic mass is 10.1. The van der Waals surface area contributed by atoms with Crippen LogP contribution in [0, 0.1) is 24.0 Å². The summed E-state index contributed by atoms with van der Waals surface area (Å²) in [6, 6.07) is 14.4. The largest absolute Gasteiger partial charge is 0.436 e. The van der Waals surface area contributed by atoms with Gasteiger partial charge in [-0.2, -0.15) is 0 Å². The SMILES string of the molecule is Cc1ccc2oc(-c3ccc(C)c(N=Cc4ccc([N+](=O)[O-])o4)c3)nc2c1. The third-order valence-corrected chi connectivity index (χ3v) is 4.12. The van der Waals surface area contributed by atoms with Crippen molar-refractivity contribution in [1.82, 2.24) is 4.98 Å². The van der Waals surface area contributed by atoms with E-state index in [2.05, 4.69) is 9.98 Å². The van der Waals surface area contributed by atoms with Gasteiger partial charge in [0.05, 0.1) is 18.0 Å². The van der Waals surface area contributed by atoms with Crippen molar-refractivity contribution in [3.63, 3.8) is 0 Å². The minimum absolute atomic E-state index is 0.309. The van der Waals surface area contributed by atoms with Crippen LogP contribution in [0.1, 0.15) is 16.9 Å². The Kier molecular flexibility index (Phi) is 4.04. The molecule has 0 saturated heterocycles. The predicted molar refractivity (Wildman–Crippen MR) is 102 cm³/mol. The van der Waals surface area contributed by atoms with E-state index in [4.69, 9.17) is 8.83 Å². The second-order valence-corrected chi connectivity index (χ2v) is 6.18. The van der Waals surface area contributed by atoms with Crippen LogP contribution in [-0.4, -0.2) is 16.1 Å². The Balaban J connectivity index is 1.67. The third-order valence-electron chi connectivity index (χ3n) is 4.12. The first-order valence-corrected chi connectivity index (χ1v) is 8.26. The van der Waals surface area contributed by atoms with Crippen LogP contribution < -0.4 is 0 Å². The molecule has 4 aromatic rings. The Labute approximate surface area is 154 Å². The molecule has 7 heteroatoms. The summed E-state index contributed by atoms with van der Waals surface area (Å²) in [7, 11) is 0. The molecule has 0 saturated carbocycles. The van der Waals surface area contributed by atoms with E-state index < -0.39 is 4.92 Å². The summed E-state index contributed by atoms with van der Waals surface area (Å²) < 4.78 is 10.9. The summed E-state index contributed by atoms with van der Waals surface area (Å²) in [5, 5.41) is 10.7. The molecule has 4 rings (SSSR count). The van der Waals surface area contributed by atoms with E-state index in [0.717, 1.165) is 27.8 Å². The van der Waals surface area contributed by atoms with Crippen molar-refractivity contribution < 1.29 is 13.8 Å². The zero-order valence-electron chi connectivity index (χ0n) is 14.7. The number of hydrogen-bond acceptors (Lipinski definition) is 6. The zero-order chi connectivity index (χ0) is 19.0. The second kappa shape index (κ2) is 6.53. The molecule has 0 atom stereocenters. The molecule has 134 valence electrons. The lowest BCUT2D eigenvalue weighted by molar-refractivity contribution is -0.402. The fourth-order valence-corrected chi connectivity index (χ4v) is 2.69. The quantitative estimate of drug-likeness (QED) is 0.277. The van der Waals surface area contributed by atoms with Crippen LogP contribution in [0.15, 0.2) is 62.4 Å². The Morgan fingerprint density at radius 1 is 1.07 bits per heavy atom. The average Bonchev–Trinajstić information content (AvgIpc) is 3.27. The molecule has 7 nitrogen and oxygen atoms in total. The molecule has 2 aromatic heterocycles. The molecule has 2 aromatic carbocycles. The predicted octanol–water partition coefficient (Wildman–Crippen LogP) is 5.36. The lowest BCUT2D eigenvalue weighted by Crippen LogP contribution is -1.84. The first kappa shape index (κ1) is 16.7. The second-order valence-electron chi connectivity index (χ2n) is 6.18. The normalized spacial score (nSPS) is 11.5. The smallest absolute Gasteiger partial charge is 0.433 e. The van der Waals surface area contributed by atoms with E-state index in [1.165, 1.54) is 18.3 Å². The van der Waals surface area contributed by atoms with E-state index in [9.17, 15) is 10.1 Å². The van der Waals surface area contributed by atoms with E-state index in [0.29, 0.717) is 17.3 Å². The van der Waals surface area contributed by atoms with Gasteiger partial charge in [0.25, 0.3) is 0 Å². The highest BCUT2D eigenvalue weighted by Crippen LogP contribution is 2.29. The van der Waals surface area contributed by atoms with Crippen molar-refractivity contribution in [2.75, 3.05) is 0 Å². The maximum Gasteiger partial charge on any atom is 0.433 e. The number of nitro groups is 1. The van der Waals surface area contributed by atoms with Crippen LogP contribution in [-0.2, 0) is 0 Å². The molecule has 2 heterocycles. The molecular weight excluding hydrogens is 346 g/mol. The van der Waals surface area contributed by atoms with Crippen LogP contribution >= 0.6 is 0 Å². The topological polar surface area (TPSA) is 94.7 Å². The number of rotatable bonds is 4. The number of benzene rings is 2. The van der Waals surface area contributed by atoms with Crippen LogP contribution in [0.25, 0.3) is 22.6 Å². The molecule has 0 aliphatic heterocycles. The number of aliphatic imine (C=N–C) groups is 1. The van der Waals surface area contributed by atoms with Crippen molar-refractivity contribution in [2.24, 2.45) is 4.99 Å². The number of aryl methyl sites for hydroxylation is 2. The molecule has 27 heavy (non-hydrogen) atoms. The number of nitrogens with zero attached hydrogens (tertiary/aromatic N) is 3. The first-order chi connectivity index (χ1) is 13.0. The Morgan fingerprint density at radius 2 is 1.93 bits per heavy atom. The molecule has 0 spiro atoms. The summed E-state index contributed by atoms with van der Waals surface area (Å²) in [5.74, 6) is 0.508. The maximum absolute atomic E-state index is 10.7. The van der Waals surface area contributed by atoms with Crippen LogP contribution in [0.5, 0.6) is 0 Å². The van der Waals surface area contributed by atoms with Gasteiger partial charge < -0.3 is 8.83 Å². The molecule has 0 N–H and O–H groups in total. The van der Waals surface area contributed by atoms with Crippen molar-refractivity contribution in [2.45, 2.75) is 13.8 Å². The van der Waals surface area contributed by atoms with Gasteiger partial charge in [-0.1, -0.05) is 12.1 Å². The third kappa shape index (κ3) is 3.35.